The highest BCUT2D eigenvalue weighted by atomic mass is 32.2. The Hall–Kier alpha value is -0.220. The number of nitrogens with zero attached hydrogens (tertiary/aromatic N) is 1. The fraction of sp³-hybridized carbons (Fsp3) is 0.929. The van der Waals surface area contributed by atoms with E-state index in [0.717, 1.165) is 37.1 Å². The molecule has 2 aliphatic rings. The Bertz CT molecular complexity index is 315. The normalized spacial score (nSPS) is 31.5. The molecule has 0 radical (unpaired) electrons. The first-order chi connectivity index (χ1) is 8.44. The maximum absolute atomic E-state index is 5.75. The second kappa shape index (κ2) is 5.83. The second-order valence-electron chi connectivity index (χ2n) is 6.46. The number of ether oxygens (including phenoxy) is 1. The van der Waals surface area contributed by atoms with Crippen LogP contribution in [-0.2, 0) is 4.74 Å². The fourth-order valence-electron chi connectivity index (χ4n) is 2.67. The molecule has 0 spiro atoms. The summed E-state index contributed by atoms with van der Waals surface area (Å²) in [7, 11) is 0. The molecule has 1 N–H and O–H groups in total. The van der Waals surface area contributed by atoms with Gasteiger partial charge in [0.05, 0.1) is 12.1 Å². The number of amidine groups is 1. The Labute approximate surface area is 115 Å². The number of rotatable bonds is 3. The molecule has 4 heteroatoms. The highest BCUT2D eigenvalue weighted by Gasteiger charge is 2.30. The molecule has 0 aromatic heterocycles. The van der Waals surface area contributed by atoms with E-state index in [-0.39, 0.29) is 5.60 Å². The minimum atomic E-state index is 0.0110. The summed E-state index contributed by atoms with van der Waals surface area (Å²) in [6.45, 7) is 10.8. The first kappa shape index (κ1) is 14.2. The van der Waals surface area contributed by atoms with Crippen molar-refractivity contribution in [3.63, 3.8) is 0 Å². The van der Waals surface area contributed by atoms with Crippen molar-refractivity contribution in [3.05, 3.63) is 0 Å². The Balaban J connectivity index is 1.77. The van der Waals surface area contributed by atoms with Crippen molar-refractivity contribution < 1.29 is 4.74 Å². The monoisotopic (exact) mass is 270 g/mol. The molecule has 2 unspecified atom stereocenters. The molecular formula is C14H26N2OS. The molecule has 0 aliphatic carbocycles. The maximum atomic E-state index is 5.75. The quantitative estimate of drug-likeness (QED) is 0.856. The third-order valence-electron chi connectivity index (χ3n) is 3.48. The lowest BCUT2D eigenvalue weighted by atomic mass is 9.94. The molecule has 2 atom stereocenters. The van der Waals surface area contributed by atoms with Gasteiger partial charge in [0.1, 0.15) is 0 Å². The molecule has 2 heterocycles. The van der Waals surface area contributed by atoms with E-state index in [0.29, 0.717) is 11.3 Å². The van der Waals surface area contributed by atoms with E-state index in [1.165, 1.54) is 6.42 Å². The summed E-state index contributed by atoms with van der Waals surface area (Å²) in [6, 6.07) is 0.526. The summed E-state index contributed by atoms with van der Waals surface area (Å²) < 4.78 is 5.75. The van der Waals surface area contributed by atoms with Gasteiger partial charge in [-0.25, -0.2) is 0 Å². The fourth-order valence-corrected chi connectivity index (χ4v) is 4.00. The van der Waals surface area contributed by atoms with Gasteiger partial charge < -0.3 is 10.1 Å². The van der Waals surface area contributed by atoms with Crippen molar-refractivity contribution >= 4 is 16.9 Å². The van der Waals surface area contributed by atoms with E-state index >= 15 is 0 Å². The largest absolute Gasteiger partial charge is 0.375 e. The lowest BCUT2D eigenvalue weighted by Crippen LogP contribution is -2.45. The van der Waals surface area contributed by atoms with Crippen molar-refractivity contribution in [2.75, 3.05) is 13.2 Å². The van der Waals surface area contributed by atoms with E-state index in [4.69, 9.17) is 4.74 Å². The molecular weight excluding hydrogens is 244 g/mol. The van der Waals surface area contributed by atoms with Gasteiger partial charge in [-0.2, -0.15) is 0 Å². The van der Waals surface area contributed by atoms with E-state index in [9.17, 15) is 0 Å². The van der Waals surface area contributed by atoms with E-state index in [1.807, 2.05) is 11.8 Å². The minimum Gasteiger partial charge on any atom is -0.375 e. The summed E-state index contributed by atoms with van der Waals surface area (Å²) in [6.07, 6.45) is 3.43. The second-order valence-corrected chi connectivity index (χ2v) is 7.75. The Kier molecular flexibility index (Phi) is 4.59. The number of aliphatic imine (C=N–C) groups is 1. The molecule has 18 heavy (non-hydrogen) atoms. The van der Waals surface area contributed by atoms with Gasteiger partial charge in [-0.05, 0) is 39.0 Å². The standard InChI is InChI=1S/C14H26N2OS/c1-10(2)7-12-9-15-13(18-12)16-11-5-6-17-14(3,4)8-11/h10-12H,5-9H2,1-4H3,(H,15,16). The van der Waals surface area contributed by atoms with Crippen LogP contribution < -0.4 is 5.32 Å². The summed E-state index contributed by atoms with van der Waals surface area (Å²) in [4.78, 5) is 4.64. The number of thioether (sulfide) groups is 1. The van der Waals surface area contributed by atoms with Crippen LogP contribution in [-0.4, -0.2) is 35.2 Å². The van der Waals surface area contributed by atoms with Crippen LogP contribution in [0.4, 0.5) is 0 Å². The van der Waals surface area contributed by atoms with Crippen LogP contribution in [0.1, 0.15) is 47.0 Å². The Morgan fingerprint density at radius 3 is 2.94 bits per heavy atom. The topological polar surface area (TPSA) is 33.6 Å². The van der Waals surface area contributed by atoms with Crippen molar-refractivity contribution in [1.29, 1.82) is 0 Å². The van der Waals surface area contributed by atoms with Crippen LogP contribution in [0.5, 0.6) is 0 Å². The maximum Gasteiger partial charge on any atom is 0.157 e. The van der Waals surface area contributed by atoms with Crippen LogP contribution >= 0.6 is 11.8 Å². The van der Waals surface area contributed by atoms with E-state index < -0.39 is 0 Å². The van der Waals surface area contributed by atoms with Crippen molar-refractivity contribution in [2.45, 2.75) is 63.9 Å². The van der Waals surface area contributed by atoms with Crippen LogP contribution in [0.3, 0.4) is 0 Å². The molecule has 0 bridgehead atoms. The predicted octanol–water partition coefficient (Wildman–Crippen LogP) is 3.05. The first-order valence-electron chi connectivity index (χ1n) is 7.06. The third-order valence-corrected chi connectivity index (χ3v) is 4.62. The average Bonchev–Trinajstić information content (AvgIpc) is 2.62. The van der Waals surface area contributed by atoms with Gasteiger partial charge >= 0.3 is 0 Å². The van der Waals surface area contributed by atoms with Gasteiger partial charge in [-0.3, -0.25) is 4.99 Å². The van der Waals surface area contributed by atoms with E-state index in [2.05, 4.69) is 38.0 Å². The van der Waals surface area contributed by atoms with Gasteiger partial charge in [0.15, 0.2) is 5.17 Å². The van der Waals surface area contributed by atoms with Crippen LogP contribution in [0.25, 0.3) is 0 Å². The molecule has 1 saturated heterocycles. The molecule has 0 aromatic carbocycles. The van der Waals surface area contributed by atoms with Gasteiger partial charge in [-0.15, -0.1) is 0 Å². The summed E-state index contributed by atoms with van der Waals surface area (Å²) >= 11 is 1.93. The van der Waals surface area contributed by atoms with Crippen LogP contribution in [0.15, 0.2) is 4.99 Å². The molecule has 0 amide bonds. The molecule has 104 valence electrons. The Morgan fingerprint density at radius 2 is 2.28 bits per heavy atom. The summed E-state index contributed by atoms with van der Waals surface area (Å²) in [5.41, 5.74) is 0.0110. The average molecular weight is 270 g/mol. The highest BCUT2D eigenvalue weighted by Crippen LogP contribution is 2.28. The first-order valence-corrected chi connectivity index (χ1v) is 7.94. The molecule has 2 rings (SSSR count). The van der Waals surface area contributed by atoms with Crippen molar-refractivity contribution in [2.24, 2.45) is 10.9 Å². The van der Waals surface area contributed by atoms with Gasteiger partial charge in [0.2, 0.25) is 0 Å². The van der Waals surface area contributed by atoms with Gasteiger partial charge in [0, 0.05) is 17.9 Å². The SMILES string of the molecule is CC(C)CC1CN=C(NC2CCOC(C)(C)C2)S1. The van der Waals surface area contributed by atoms with Gasteiger partial charge in [-0.1, -0.05) is 25.6 Å². The summed E-state index contributed by atoms with van der Waals surface area (Å²) in [5.74, 6) is 0.763. The minimum absolute atomic E-state index is 0.0110. The molecule has 1 fully saturated rings. The molecule has 3 nitrogen and oxygen atoms in total. The summed E-state index contributed by atoms with van der Waals surface area (Å²) in [5, 5.41) is 5.45. The zero-order chi connectivity index (χ0) is 13.2. The zero-order valence-corrected chi connectivity index (χ0v) is 12.8. The lowest BCUT2D eigenvalue weighted by Gasteiger charge is -2.36. The van der Waals surface area contributed by atoms with E-state index in [1.54, 1.807) is 0 Å². The Morgan fingerprint density at radius 1 is 1.50 bits per heavy atom. The number of nitrogens with one attached hydrogen (secondary N) is 1. The zero-order valence-electron chi connectivity index (χ0n) is 12.0. The van der Waals surface area contributed by atoms with Crippen molar-refractivity contribution in [1.82, 2.24) is 5.32 Å². The molecule has 0 aromatic rings. The lowest BCUT2D eigenvalue weighted by molar-refractivity contribution is -0.0603. The number of hydrogen-bond acceptors (Lipinski definition) is 4. The molecule has 0 saturated carbocycles. The number of hydrogen-bond donors (Lipinski definition) is 1. The highest BCUT2D eigenvalue weighted by molar-refractivity contribution is 8.14. The van der Waals surface area contributed by atoms with Gasteiger partial charge in [0.25, 0.3) is 0 Å². The van der Waals surface area contributed by atoms with Crippen LogP contribution in [0.2, 0.25) is 0 Å². The molecule has 2 aliphatic heterocycles. The third kappa shape index (κ3) is 4.16. The van der Waals surface area contributed by atoms with Crippen molar-refractivity contribution in [3.8, 4) is 0 Å². The predicted molar refractivity (Wildman–Crippen MR) is 79.3 cm³/mol. The smallest absolute Gasteiger partial charge is 0.157 e. The van der Waals surface area contributed by atoms with Crippen LogP contribution in [0, 0.1) is 5.92 Å².